The molecule has 3 N–H and O–H groups in total. The van der Waals surface area contributed by atoms with Gasteiger partial charge in [0.15, 0.2) is 0 Å². The molecule has 2 aliphatic carbocycles. The van der Waals surface area contributed by atoms with Crippen LogP contribution in [0.1, 0.15) is 58.3 Å². The molecule has 2 saturated carbocycles. The number of hydrogen-bond donors (Lipinski definition) is 2. The highest BCUT2D eigenvalue weighted by Gasteiger charge is 2.37. The molecule has 116 valence electrons. The summed E-state index contributed by atoms with van der Waals surface area (Å²) in [5, 5.41) is 3.06. The molecule has 0 radical (unpaired) electrons. The fourth-order valence-corrected chi connectivity index (χ4v) is 3.85. The number of likely N-dealkylation sites (N-methyl/N-ethyl adjacent to an activating group) is 1. The summed E-state index contributed by atoms with van der Waals surface area (Å²) >= 11 is 0. The Morgan fingerprint density at radius 3 is 2.65 bits per heavy atom. The minimum Gasteiger partial charge on any atom is -0.353 e. The second-order valence-electron chi connectivity index (χ2n) is 7.03. The molecular formula is C16H31N3O. The van der Waals surface area contributed by atoms with Crippen LogP contribution in [-0.2, 0) is 4.79 Å². The van der Waals surface area contributed by atoms with E-state index < -0.39 is 5.54 Å². The van der Waals surface area contributed by atoms with E-state index in [9.17, 15) is 4.79 Å². The maximum absolute atomic E-state index is 12.3. The Kier molecular flexibility index (Phi) is 5.44. The summed E-state index contributed by atoms with van der Waals surface area (Å²) in [6.07, 6.45) is 9.27. The van der Waals surface area contributed by atoms with Gasteiger partial charge in [0.1, 0.15) is 0 Å². The molecule has 1 amide bonds. The topological polar surface area (TPSA) is 58.4 Å². The van der Waals surface area contributed by atoms with Gasteiger partial charge >= 0.3 is 0 Å². The largest absolute Gasteiger partial charge is 0.353 e. The van der Waals surface area contributed by atoms with E-state index in [0.29, 0.717) is 12.0 Å². The first-order valence-corrected chi connectivity index (χ1v) is 8.29. The van der Waals surface area contributed by atoms with E-state index in [1.165, 1.54) is 32.1 Å². The van der Waals surface area contributed by atoms with Gasteiger partial charge in [-0.1, -0.05) is 32.6 Å². The minimum absolute atomic E-state index is 0.0591. The second kappa shape index (κ2) is 6.90. The Morgan fingerprint density at radius 1 is 1.30 bits per heavy atom. The molecule has 0 aliphatic heterocycles. The molecule has 4 heteroatoms. The normalized spacial score (nSPS) is 31.7. The summed E-state index contributed by atoms with van der Waals surface area (Å²) in [6, 6.07) is 0.716. The van der Waals surface area contributed by atoms with Gasteiger partial charge in [-0.05, 0) is 38.6 Å². The smallest absolute Gasteiger partial charge is 0.240 e. The van der Waals surface area contributed by atoms with E-state index in [0.717, 1.165) is 32.4 Å². The Balaban J connectivity index is 1.71. The minimum atomic E-state index is -0.621. The summed E-state index contributed by atoms with van der Waals surface area (Å²) in [5.41, 5.74) is 5.68. The zero-order valence-corrected chi connectivity index (χ0v) is 13.2. The highest BCUT2D eigenvalue weighted by atomic mass is 16.2. The predicted molar refractivity (Wildman–Crippen MR) is 82.4 cm³/mol. The van der Waals surface area contributed by atoms with Gasteiger partial charge in [-0.2, -0.15) is 0 Å². The molecule has 0 heterocycles. The van der Waals surface area contributed by atoms with E-state index in [1.807, 2.05) is 0 Å². The molecule has 0 bridgehead atoms. The van der Waals surface area contributed by atoms with Gasteiger partial charge in [0.2, 0.25) is 5.91 Å². The van der Waals surface area contributed by atoms with Gasteiger partial charge < -0.3 is 16.0 Å². The van der Waals surface area contributed by atoms with Crippen molar-refractivity contribution in [3.63, 3.8) is 0 Å². The molecule has 0 aromatic heterocycles. The molecule has 2 unspecified atom stereocenters. The van der Waals surface area contributed by atoms with Gasteiger partial charge in [0.25, 0.3) is 0 Å². The molecule has 2 rings (SSSR count). The lowest BCUT2D eigenvalue weighted by atomic mass is 9.76. The fraction of sp³-hybridized carbons (Fsp3) is 0.938. The monoisotopic (exact) mass is 281 g/mol. The molecule has 2 atom stereocenters. The molecule has 4 nitrogen and oxygen atoms in total. The van der Waals surface area contributed by atoms with Crippen LogP contribution in [0, 0.1) is 5.92 Å². The van der Waals surface area contributed by atoms with Crippen LogP contribution >= 0.6 is 0 Å². The number of amides is 1. The summed E-state index contributed by atoms with van der Waals surface area (Å²) in [5.74, 6) is 0.629. The van der Waals surface area contributed by atoms with Crippen molar-refractivity contribution in [2.45, 2.75) is 69.9 Å². The molecule has 0 aromatic carbocycles. The Hall–Kier alpha value is -0.610. The third-order valence-corrected chi connectivity index (χ3v) is 5.18. The second-order valence-corrected chi connectivity index (χ2v) is 7.03. The maximum atomic E-state index is 12.3. The van der Waals surface area contributed by atoms with Crippen LogP contribution in [0.5, 0.6) is 0 Å². The van der Waals surface area contributed by atoms with E-state index in [-0.39, 0.29) is 5.91 Å². The van der Waals surface area contributed by atoms with E-state index in [2.05, 4.69) is 24.2 Å². The lowest BCUT2D eigenvalue weighted by molar-refractivity contribution is -0.128. The van der Waals surface area contributed by atoms with Crippen LogP contribution < -0.4 is 11.1 Å². The molecular weight excluding hydrogens is 250 g/mol. The lowest BCUT2D eigenvalue weighted by Crippen LogP contribution is -2.57. The highest BCUT2D eigenvalue weighted by molar-refractivity contribution is 5.86. The number of nitrogens with zero attached hydrogens (tertiary/aromatic N) is 1. The third kappa shape index (κ3) is 3.95. The van der Waals surface area contributed by atoms with Gasteiger partial charge in [0.05, 0.1) is 5.54 Å². The standard InChI is InChI=1S/C16H31N3O/c1-13-6-5-9-16(17,12-13)15(20)18-10-11-19(2)14-7-3-4-8-14/h13-14H,3-12,17H2,1-2H3,(H,18,20). The van der Waals surface area contributed by atoms with E-state index in [4.69, 9.17) is 5.73 Å². The van der Waals surface area contributed by atoms with E-state index in [1.54, 1.807) is 0 Å². The average Bonchev–Trinajstić information content (AvgIpc) is 2.92. The number of nitrogens with one attached hydrogen (secondary N) is 1. The molecule has 0 spiro atoms. The molecule has 0 aromatic rings. The van der Waals surface area contributed by atoms with Crippen molar-refractivity contribution in [3.8, 4) is 0 Å². The lowest BCUT2D eigenvalue weighted by Gasteiger charge is -2.35. The van der Waals surface area contributed by atoms with Crippen molar-refractivity contribution in [2.75, 3.05) is 20.1 Å². The molecule has 2 fully saturated rings. The van der Waals surface area contributed by atoms with Crippen LogP contribution in [0.3, 0.4) is 0 Å². The van der Waals surface area contributed by atoms with Gasteiger partial charge in [0, 0.05) is 19.1 Å². The first kappa shape index (κ1) is 15.8. The van der Waals surface area contributed by atoms with Crippen molar-refractivity contribution >= 4 is 5.91 Å². The fourth-order valence-electron chi connectivity index (χ4n) is 3.85. The summed E-state index contributed by atoms with van der Waals surface area (Å²) in [7, 11) is 2.17. The number of hydrogen-bond acceptors (Lipinski definition) is 3. The number of carbonyl (C=O) groups excluding carboxylic acids is 1. The van der Waals surface area contributed by atoms with Gasteiger partial charge in [-0.25, -0.2) is 0 Å². The van der Waals surface area contributed by atoms with Crippen molar-refractivity contribution in [1.82, 2.24) is 10.2 Å². The first-order valence-electron chi connectivity index (χ1n) is 8.29. The Labute approximate surface area is 123 Å². The Bertz CT molecular complexity index is 328. The van der Waals surface area contributed by atoms with Crippen LogP contribution in [0.15, 0.2) is 0 Å². The maximum Gasteiger partial charge on any atom is 0.240 e. The number of carbonyl (C=O) groups is 1. The zero-order chi connectivity index (χ0) is 14.6. The average molecular weight is 281 g/mol. The van der Waals surface area contributed by atoms with E-state index >= 15 is 0 Å². The van der Waals surface area contributed by atoms with Crippen molar-refractivity contribution in [1.29, 1.82) is 0 Å². The van der Waals surface area contributed by atoms with Crippen molar-refractivity contribution < 1.29 is 4.79 Å². The van der Waals surface area contributed by atoms with Crippen molar-refractivity contribution in [2.24, 2.45) is 11.7 Å². The third-order valence-electron chi connectivity index (χ3n) is 5.18. The summed E-state index contributed by atoms with van der Waals surface area (Å²) in [6.45, 7) is 3.85. The van der Waals surface area contributed by atoms with Crippen LogP contribution in [0.4, 0.5) is 0 Å². The van der Waals surface area contributed by atoms with Gasteiger partial charge in [-0.3, -0.25) is 4.79 Å². The number of nitrogens with two attached hydrogens (primary N) is 1. The summed E-state index contributed by atoms with van der Waals surface area (Å²) < 4.78 is 0. The number of rotatable bonds is 5. The predicted octanol–water partition coefficient (Wildman–Crippen LogP) is 1.88. The van der Waals surface area contributed by atoms with Crippen LogP contribution in [0.25, 0.3) is 0 Å². The first-order chi connectivity index (χ1) is 9.51. The van der Waals surface area contributed by atoms with Crippen LogP contribution in [-0.4, -0.2) is 42.5 Å². The van der Waals surface area contributed by atoms with Gasteiger partial charge in [-0.15, -0.1) is 0 Å². The van der Waals surface area contributed by atoms with Crippen LogP contribution in [0.2, 0.25) is 0 Å². The molecule has 20 heavy (non-hydrogen) atoms. The molecule has 2 aliphatic rings. The highest BCUT2D eigenvalue weighted by Crippen LogP contribution is 2.30. The SMILES string of the molecule is CC1CCCC(N)(C(=O)NCCN(C)C2CCCC2)C1. The zero-order valence-electron chi connectivity index (χ0n) is 13.2. The summed E-state index contributed by atoms with van der Waals surface area (Å²) in [4.78, 5) is 14.7. The van der Waals surface area contributed by atoms with Crippen molar-refractivity contribution in [3.05, 3.63) is 0 Å². The quantitative estimate of drug-likeness (QED) is 0.809. The molecule has 0 saturated heterocycles. The Morgan fingerprint density at radius 2 is 2.00 bits per heavy atom.